The van der Waals surface area contributed by atoms with Crippen LogP contribution in [0.2, 0.25) is 0 Å². The first-order valence-electron chi connectivity index (χ1n) is 10.0. The van der Waals surface area contributed by atoms with E-state index in [2.05, 4.69) is 20.5 Å². The molecular weight excluding hydrogens is 404 g/mol. The Hall–Kier alpha value is -3.54. The van der Waals surface area contributed by atoms with Crippen LogP contribution >= 0.6 is 0 Å². The quantitative estimate of drug-likeness (QED) is 0.573. The number of nitrogens with zero attached hydrogens (tertiary/aromatic N) is 3. The van der Waals surface area contributed by atoms with Gasteiger partial charge in [0.05, 0.1) is 35.1 Å². The number of aromatic amines is 1. The van der Waals surface area contributed by atoms with Crippen LogP contribution in [0.3, 0.4) is 0 Å². The average molecular weight is 425 g/mol. The maximum atomic E-state index is 14.9. The molecule has 3 N–H and O–H groups in total. The zero-order valence-electron chi connectivity index (χ0n) is 17.0. The van der Waals surface area contributed by atoms with Crippen LogP contribution in [0.5, 0.6) is 0 Å². The molecule has 1 aromatic carbocycles. The Morgan fingerprint density at radius 1 is 1.26 bits per heavy atom. The van der Waals surface area contributed by atoms with Gasteiger partial charge in [0.15, 0.2) is 5.65 Å². The zero-order valence-corrected chi connectivity index (χ0v) is 17.0. The first kappa shape index (κ1) is 20.7. The predicted molar refractivity (Wildman–Crippen MR) is 110 cm³/mol. The highest BCUT2D eigenvalue weighted by molar-refractivity contribution is 5.93. The lowest BCUT2D eigenvalue weighted by molar-refractivity contribution is -0.145. The summed E-state index contributed by atoms with van der Waals surface area (Å²) in [6.45, 7) is 3.83. The van der Waals surface area contributed by atoms with Crippen molar-refractivity contribution >= 4 is 22.7 Å². The highest BCUT2D eigenvalue weighted by Crippen LogP contribution is 2.38. The molecule has 2 aromatic heterocycles. The van der Waals surface area contributed by atoms with Crippen LogP contribution in [0.1, 0.15) is 32.3 Å². The molecule has 1 saturated carbocycles. The van der Waals surface area contributed by atoms with Gasteiger partial charge in [-0.05, 0) is 42.9 Å². The molecule has 1 aliphatic rings. The van der Waals surface area contributed by atoms with Crippen molar-refractivity contribution in [2.24, 2.45) is 17.8 Å². The molecule has 0 amide bonds. The summed E-state index contributed by atoms with van der Waals surface area (Å²) in [5.74, 6) is -2.87. The molecular formula is C22H21F2N5O2. The Bertz CT molecular complexity index is 1200. The lowest BCUT2D eigenvalue weighted by atomic mass is 9.71. The van der Waals surface area contributed by atoms with Crippen molar-refractivity contribution < 1.29 is 18.7 Å². The Kier molecular flexibility index (Phi) is 5.31. The number of pyridine rings is 1. The smallest absolute Gasteiger partial charge is 0.308 e. The molecule has 7 nitrogen and oxygen atoms in total. The van der Waals surface area contributed by atoms with E-state index >= 15 is 0 Å². The number of benzene rings is 1. The fourth-order valence-corrected chi connectivity index (χ4v) is 4.46. The van der Waals surface area contributed by atoms with E-state index in [0.717, 1.165) is 25.1 Å². The number of carboxylic acid groups (broad SMARTS) is 1. The van der Waals surface area contributed by atoms with Gasteiger partial charge >= 0.3 is 5.97 Å². The van der Waals surface area contributed by atoms with Gasteiger partial charge < -0.3 is 10.4 Å². The number of carboxylic acids is 1. The van der Waals surface area contributed by atoms with Gasteiger partial charge in [-0.25, -0.2) is 13.8 Å². The fourth-order valence-electron chi connectivity index (χ4n) is 4.46. The summed E-state index contributed by atoms with van der Waals surface area (Å²) < 4.78 is 28.6. The Labute approximate surface area is 177 Å². The number of rotatable bonds is 4. The zero-order chi connectivity index (χ0) is 22.3. The van der Waals surface area contributed by atoms with E-state index in [0.29, 0.717) is 16.6 Å². The Morgan fingerprint density at radius 3 is 2.71 bits per heavy atom. The summed E-state index contributed by atoms with van der Waals surface area (Å²) in [5, 5.41) is 29.5. The second-order valence-electron chi connectivity index (χ2n) is 8.18. The van der Waals surface area contributed by atoms with Crippen molar-refractivity contribution in [1.29, 1.82) is 5.26 Å². The van der Waals surface area contributed by atoms with E-state index in [4.69, 9.17) is 0 Å². The molecule has 4 rings (SSSR count). The molecule has 0 radical (unpaired) electrons. The third-order valence-electron chi connectivity index (χ3n) is 6.17. The minimum Gasteiger partial charge on any atom is -0.481 e. The van der Waals surface area contributed by atoms with Gasteiger partial charge in [0.1, 0.15) is 11.6 Å². The minimum atomic E-state index is -0.924. The number of hydrogen-bond donors (Lipinski definition) is 3. The van der Waals surface area contributed by atoms with Crippen LogP contribution in [0.25, 0.3) is 22.3 Å². The van der Waals surface area contributed by atoms with Crippen LogP contribution in [-0.2, 0) is 4.79 Å². The molecule has 3 aromatic rings. The number of hydrogen-bond acceptors (Lipinski definition) is 5. The first-order chi connectivity index (χ1) is 14.8. The lowest BCUT2D eigenvalue weighted by Crippen LogP contribution is -2.46. The maximum absolute atomic E-state index is 14.9. The van der Waals surface area contributed by atoms with Crippen molar-refractivity contribution in [2.45, 2.75) is 32.7 Å². The highest BCUT2D eigenvalue weighted by atomic mass is 19.1. The number of carbonyl (C=O) groups is 1. The minimum absolute atomic E-state index is 0.0158. The number of fused-ring (bicyclic) bond motifs is 1. The van der Waals surface area contributed by atoms with E-state index in [1.165, 1.54) is 12.1 Å². The molecule has 1 fully saturated rings. The summed E-state index contributed by atoms with van der Waals surface area (Å²) in [6.07, 6.45) is 2.65. The van der Waals surface area contributed by atoms with Crippen LogP contribution in [0.4, 0.5) is 14.5 Å². The molecule has 9 heteroatoms. The van der Waals surface area contributed by atoms with E-state index in [1.807, 2.05) is 19.9 Å². The normalized spacial score (nSPS) is 23.5. The number of halogens is 2. The van der Waals surface area contributed by atoms with Crippen LogP contribution < -0.4 is 5.32 Å². The van der Waals surface area contributed by atoms with Crippen molar-refractivity contribution in [1.82, 2.24) is 15.2 Å². The summed E-state index contributed by atoms with van der Waals surface area (Å²) >= 11 is 0. The molecule has 1 aliphatic carbocycles. The molecule has 2 heterocycles. The molecule has 31 heavy (non-hydrogen) atoms. The number of aromatic nitrogens is 3. The summed E-state index contributed by atoms with van der Waals surface area (Å²) in [5.41, 5.74) is 1.04. The van der Waals surface area contributed by atoms with Gasteiger partial charge in [0.25, 0.3) is 0 Å². The predicted octanol–water partition coefficient (Wildman–Crippen LogP) is 4.32. The lowest BCUT2D eigenvalue weighted by Gasteiger charge is -2.39. The fraction of sp³-hybridized carbons (Fsp3) is 0.364. The van der Waals surface area contributed by atoms with Crippen molar-refractivity contribution in [3.63, 3.8) is 0 Å². The number of aliphatic carboxylic acids is 1. The largest absolute Gasteiger partial charge is 0.481 e. The summed E-state index contributed by atoms with van der Waals surface area (Å²) in [4.78, 5) is 15.8. The van der Waals surface area contributed by atoms with E-state index in [9.17, 15) is 23.9 Å². The van der Waals surface area contributed by atoms with E-state index in [1.54, 1.807) is 0 Å². The standard InChI is InChI=1S/C22H21F2N5O2/c1-10-3-4-11(2)19(18(10)22(30)31)27-17-7-14(12(8-25)5-16(17)24)20-15-6-13(23)9-26-21(15)29-28-20/h5-7,9-11,18-19,27H,3-4H2,1-2H3,(H,30,31)(H,26,28,29). The van der Waals surface area contributed by atoms with Crippen molar-refractivity contribution in [3.05, 3.63) is 41.6 Å². The number of nitrogens with one attached hydrogen (secondary N) is 2. The van der Waals surface area contributed by atoms with Crippen LogP contribution in [0.15, 0.2) is 24.4 Å². The SMILES string of the molecule is CC1CCC(C)C(C(=O)O)C1Nc1cc(-c2[nH]nc3ncc(F)cc23)c(C#N)cc1F. The van der Waals surface area contributed by atoms with E-state index < -0.39 is 29.6 Å². The van der Waals surface area contributed by atoms with Gasteiger partial charge in [-0.2, -0.15) is 10.4 Å². The van der Waals surface area contributed by atoms with Gasteiger partial charge in [0, 0.05) is 17.0 Å². The third kappa shape index (κ3) is 3.69. The molecule has 0 aliphatic heterocycles. The van der Waals surface area contributed by atoms with Gasteiger partial charge in [-0.3, -0.25) is 9.89 Å². The molecule has 0 bridgehead atoms. The van der Waals surface area contributed by atoms with E-state index in [-0.39, 0.29) is 28.7 Å². The monoisotopic (exact) mass is 425 g/mol. The second kappa shape index (κ2) is 7.95. The van der Waals surface area contributed by atoms with Gasteiger partial charge in [-0.1, -0.05) is 13.8 Å². The Morgan fingerprint density at radius 2 is 2.00 bits per heavy atom. The number of nitriles is 1. The van der Waals surface area contributed by atoms with Crippen LogP contribution in [0, 0.1) is 40.7 Å². The van der Waals surface area contributed by atoms with Gasteiger partial charge in [-0.15, -0.1) is 0 Å². The average Bonchev–Trinajstić information content (AvgIpc) is 3.14. The summed E-state index contributed by atoms with van der Waals surface area (Å²) in [7, 11) is 0. The molecule has 160 valence electrons. The maximum Gasteiger partial charge on any atom is 0.308 e. The van der Waals surface area contributed by atoms with Gasteiger partial charge in [0.2, 0.25) is 0 Å². The summed E-state index contributed by atoms with van der Waals surface area (Å²) in [6, 6.07) is 5.24. The van der Waals surface area contributed by atoms with Crippen LogP contribution in [-0.4, -0.2) is 32.3 Å². The Balaban J connectivity index is 1.80. The molecule has 0 saturated heterocycles. The number of anilines is 1. The second-order valence-corrected chi connectivity index (χ2v) is 8.18. The first-order valence-corrected chi connectivity index (χ1v) is 10.0. The van der Waals surface area contributed by atoms with Crippen molar-refractivity contribution in [3.8, 4) is 17.3 Å². The third-order valence-corrected chi connectivity index (χ3v) is 6.17. The molecule has 4 atom stereocenters. The molecule has 0 spiro atoms. The molecule has 4 unspecified atom stereocenters. The highest BCUT2D eigenvalue weighted by Gasteiger charge is 2.40. The van der Waals surface area contributed by atoms with Crippen molar-refractivity contribution in [2.75, 3.05) is 5.32 Å². The topological polar surface area (TPSA) is 115 Å². The number of H-pyrrole nitrogens is 1.